The summed E-state index contributed by atoms with van der Waals surface area (Å²) in [5.74, 6) is 3.67. The summed E-state index contributed by atoms with van der Waals surface area (Å²) in [4.78, 5) is 4.51. The second kappa shape index (κ2) is 7.34. The highest BCUT2D eigenvalue weighted by molar-refractivity contribution is 5.55. The van der Waals surface area contributed by atoms with Crippen LogP contribution >= 0.6 is 0 Å². The molecule has 1 aromatic carbocycles. The van der Waals surface area contributed by atoms with Crippen LogP contribution in [0.25, 0.3) is 11.4 Å². The number of nitrogens with one attached hydrogen (secondary N) is 1. The molecule has 2 fully saturated rings. The zero-order valence-electron chi connectivity index (χ0n) is 14.0. The number of nitrogens with zero attached hydrogens (tertiary/aromatic N) is 2. The fourth-order valence-corrected chi connectivity index (χ4v) is 3.46. The molecule has 5 heteroatoms. The van der Waals surface area contributed by atoms with Gasteiger partial charge in [0.25, 0.3) is 0 Å². The van der Waals surface area contributed by atoms with Crippen molar-refractivity contribution in [2.75, 3.05) is 19.7 Å². The summed E-state index contributed by atoms with van der Waals surface area (Å²) < 4.78 is 11.3. The van der Waals surface area contributed by atoms with Crippen LogP contribution in [0.2, 0.25) is 0 Å². The molecule has 1 saturated carbocycles. The zero-order valence-corrected chi connectivity index (χ0v) is 14.0. The highest BCUT2D eigenvalue weighted by Crippen LogP contribution is 2.26. The van der Waals surface area contributed by atoms with E-state index < -0.39 is 0 Å². The van der Waals surface area contributed by atoms with Gasteiger partial charge in [0, 0.05) is 12.0 Å². The molecule has 0 amide bonds. The van der Waals surface area contributed by atoms with Crippen LogP contribution in [0.3, 0.4) is 0 Å². The summed E-state index contributed by atoms with van der Waals surface area (Å²) >= 11 is 0. The molecule has 0 bridgehead atoms. The van der Waals surface area contributed by atoms with Crippen LogP contribution in [0, 0.1) is 11.8 Å². The topological polar surface area (TPSA) is 60.2 Å². The summed E-state index contributed by atoms with van der Waals surface area (Å²) in [6.07, 6.45) is 7.56. The molecule has 1 saturated heterocycles. The van der Waals surface area contributed by atoms with E-state index in [2.05, 4.69) is 15.5 Å². The van der Waals surface area contributed by atoms with Gasteiger partial charge in [-0.2, -0.15) is 4.98 Å². The molecule has 1 aliphatic heterocycles. The lowest BCUT2D eigenvalue weighted by molar-refractivity contribution is 0.209. The highest BCUT2D eigenvalue weighted by atomic mass is 16.5. The second-order valence-electron chi connectivity index (χ2n) is 7.08. The van der Waals surface area contributed by atoms with Crippen molar-refractivity contribution in [3.63, 3.8) is 0 Å². The minimum atomic E-state index is 0.633. The van der Waals surface area contributed by atoms with Gasteiger partial charge in [0.15, 0.2) is 0 Å². The Bertz CT molecular complexity index is 643. The van der Waals surface area contributed by atoms with Gasteiger partial charge in [-0.3, -0.25) is 0 Å². The molecule has 2 aliphatic rings. The maximum absolute atomic E-state index is 5.95. The number of benzene rings is 1. The van der Waals surface area contributed by atoms with Crippen molar-refractivity contribution in [3.05, 3.63) is 30.2 Å². The molecule has 1 N–H and O–H groups in total. The lowest BCUT2D eigenvalue weighted by Gasteiger charge is -2.25. The van der Waals surface area contributed by atoms with Crippen LogP contribution in [0.1, 0.15) is 38.0 Å². The molecular weight excluding hydrogens is 302 g/mol. The van der Waals surface area contributed by atoms with E-state index in [0.717, 1.165) is 49.2 Å². The molecule has 0 spiro atoms. The van der Waals surface area contributed by atoms with Gasteiger partial charge >= 0.3 is 0 Å². The molecule has 0 atom stereocenters. The third kappa shape index (κ3) is 3.78. The van der Waals surface area contributed by atoms with Crippen LogP contribution in [0.5, 0.6) is 5.75 Å². The summed E-state index contributed by atoms with van der Waals surface area (Å²) in [5, 5.41) is 7.36. The Morgan fingerprint density at radius 3 is 2.54 bits per heavy atom. The first kappa shape index (κ1) is 15.6. The maximum atomic E-state index is 5.95. The Hall–Kier alpha value is -1.88. The van der Waals surface area contributed by atoms with Crippen LogP contribution < -0.4 is 10.1 Å². The highest BCUT2D eigenvalue weighted by Gasteiger charge is 2.20. The van der Waals surface area contributed by atoms with Crippen molar-refractivity contribution < 1.29 is 9.26 Å². The number of aromatic nitrogens is 2. The van der Waals surface area contributed by atoms with E-state index >= 15 is 0 Å². The second-order valence-corrected chi connectivity index (χ2v) is 7.08. The average molecular weight is 327 g/mol. The SMILES string of the molecule is c1cc(-c2noc(CC3CNC3)n2)ccc1OCC1CCCCC1. The van der Waals surface area contributed by atoms with Gasteiger partial charge in [0.2, 0.25) is 11.7 Å². The fourth-order valence-electron chi connectivity index (χ4n) is 3.46. The van der Waals surface area contributed by atoms with Gasteiger partial charge in [-0.25, -0.2) is 0 Å². The minimum absolute atomic E-state index is 0.633. The van der Waals surface area contributed by atoms with E-state index in [4.69, 9.17) is 9.26 Å². The van der Waals surface area contributed by atoms with Crippen molar-refractivity contribution in [1.82, 2.24) is 15.5 Å². The largest absolute Gasteiger partial charge is 0.493 e. The Labute approximate surface area is 142 Å². The van der Waals surface area contributed by atoms with Gasteiger partial charge in [0.05, 0.1) is 6.61 Å². The van der Waals surface area contributed by atoms with Crippen molar-refractivity contribution in [2.45, 2.75) is 38.5 Å². The van der Waals surface area contributed by atoms with Crippen LogP contribution in [0.15, 0.2) is 28.8 Å². The third-order valence-electron chi connectivity index (χ3n) is 5.12. The first-order valence-corrected chi connectivity index (χ1v) is 9.13. The van der Waals surface area contributed by atoms with Gasteiger partial charge < -0.3 is 14.6 Å². The van der Waals surface area contributed by atoms with E-state index in [1.807, 2.05) is 24.3 Å². The Morgan fingerprint density at radius 1 is 1.04 bits per heavy atom. The van der Waals surface area contributed by atoms with Gasteiger partial charge in [-0.05, 0) is 62.0 Å². The lowest BCUT2D eigenvalue weighted by Crippen LogP contribution is -2.43. The molecule has 1 aromatic heterocycles. The summed E-state index contributed by atoms with van der Waals surface area (Å²) in [7, 11) is 0. The number of hydrogen-bond donors (Lipinski definition) is 1. The van der Waals surface area contributed by atoms with Crippen LogP contribution in [0.4, 0.5) is 0 Å². The molecule has 128 valence electrons. The normalized spacial score (nSPS) is 19.2. The van der Waals surface area contributed by atoms with Crippen molar-refractivity contribution in [2.24, 2.45) is 11.8 Å². The van der Waals surface area contributed by atoms with Gasteiger partial charge in [-0.1, -0.05) is 24.4 Å². The van der Waals surface area contributed by atoms with Gasteiger partial charge in [0.1, 0.15) is 5.75 Å². The third-order valence-corrected chi connectivity index (χ3v) is 5.12. The molecule has 24 heavy (non-hydrogen) atoms. The van der Waals surface area contributed by atoms with Crippen LogP contribution in [-0.2, 0) is 6.42 Å². The van der Waals surface area contributed by atoms with Crippen molar-refractivity contribution in [1.29, 1.82) is 0 Å². The standard InChI is InChI=1S/C19H25N3O2/c1-2-4-14(5-3-1)13-23-17-8-6-16(7-9-17)19-21-18(24-22-19)10-15-11-20-12-15/h6-9,14-15,20H,1-5,10-13H2. The molecule has 1 aliphatic carbocycles. The number of ether oxygens (including phenoxy) is 1. The molecule has 2 heterocycles. The summed E-state index contributed by atoms with van der Waals surface area (Å²) in [6.45, 7) is 2.93. The van der Waals surface area contributed by atoms with E-state index in [9.17, 15) is 0 Å². The maximum Gasteiger partial charge on any atom is 0.227 e. The zero-order chi connectivity index (χ0) is 16.2. The van der Waals surface area contributed by atoms with E-state index in [1.54, 1.807) is 0 Å². The molecule has 0 unspecified atom stereocenters. The summed E-state index contributed by atoms with van der Waals surface area (Å²) in [6, 6.07) is 8.03. The Kier molecular flexibility index (Phi) is 4.78. The Balaban J connectivity index is 1.33. The molecule has 2 aromatic rings. The molecular formula is C19H25N3O2. The van der Waals surface area contributed by atoms with E-state index in [0.29, 0.717) is 11.7 Å². The number of hydrogen-bond acceptors (Lipinski definition) is 5. The predicted molar refractivity (Wildman–Crippen MR) is 91.9 cm³/mol. The van der Waals surface area contributed by atoms with Crippen molar-refractivity contribution >= 4 is 0 Å². The molecule has 5 nitrogen and oxygen atoms in total. The quantitative estimate of drug-likeness (QED) is 0.880. The smallest absolute Gasteiger partial charge is 0.227 e. The minimum Gasteiger partial charge on any atom is -0.493 e. The van der Waals surface area contributed by atoms with Gasteiger partial charge in [-0.15, -0.1) is 0 Å². The average Bonchev–Trinajstić information content (AvgIpc) is 3.07. The number of rotatable bonds is 6. The van der Waals surface area contributed by atoms with Crippen LogP contribution in [-0.4, -0.2) is 29.8 Å². The summed E-state index contributed by atoms with van der Waals surface area (Å²) in [5.41, 5.74) is 0.974. The first-order chi connectivity index (χ1) is 11.9. The Morgan fingerprint density at radius 2 is 1.83 bits per heavy atom. The molecule has 4 rings (SSSR count). The molecule has 0 radical (unpaired) electrons. The lowest BCUT2D eigenvalue weighted by atomic mass is 9.90. The van der Waals surface area contributed by atoms with E-state index in [1.165, 1.54) is 32.1 Å². The van der Waals surface area contributed by atoms with Crippen molar-refractivity contribution in [3.8, 4) is 17.1 Å². The fraction of sp³-hybridized carbons (Fsp3) is 0.579. The monoisotopic (exact) mass is 327 g/mol. The predicted octanol–water partition coefficient (Wildman–Crippen LogP) is 3.46. The first-order valence-electron chi connectivity index (χ1n) is 9.13. The van der Waals surface area contributed by atoms with E-state index in [-0.39, 0.29) is 0 Å².